The summed E-state index contributed by atoms with van der Waals surface area (Å²) in [4.78, 5) is 11.9. The first-order chi connectivity index (χ1) is 9.50. The van der Waals surface area contributed by atoms with E-state index < -0.39 is 9.84 Å². The van der Waals surface area contributed by atoms with Crippen LogP contribution >= 0.6 is 0 Å². The molecule has 1 unspecified atom stereocenters. The van der Waals surface area contributed by atoms with Gasteiger partial charge in [0.2, 0.25) is 5.91 Å². The first-order valence-electron chi connectivity index (χ1n) is 6.59. The summed E-state index contributed by atoms with van der Waals surface area (Å²) < 4.78 is 27.9. The lowest BCUT2D eigenvalue weighted by Crippen LogP contribution is -2.31. The number of sulfone groups is 1. The van der Waals surface area contributed by atoms with Crippen LogP contribution in [0.15, 0.2) is 24.3 Å². The maximum Gasteiger partial charge on any atom is 0.224 e. The number of para-hydroxylation sites is 1. The third-order valence-electron chi connectivity index (χ3n) is 3.46. The molecule has 1 aliphatic heterocycles. The highest BCUT2D eigenvalue weighted by molar-refractivity contribution is 7.91. The average Bonchev–Trinajstić information content (AvgIpc) is 2.77. The molecule has 1 atom stereocenters. The maximum atomic E-state index is 11.9. The molecule has 0 saturated carbocycles. The number of carbonyl (C=O) groups excluding carboxylic acids is 1. The van der Waals surface area contributed by atoms with Crippen molar-refractivity contribution in [3.8, 4) is 5.75 Å². The molecule has 1 aliphatic rings. The zero-order valence-electron chi connectivity index (χ0n) is 11.5. The Morgan fingerprint density at radius 3 is 2.80 bits per heavy atom. The lowest BCUT2D eigenvalue weighted by Gasteiger charge is -2.11. The molecular formula is C14H19NO4S. The van der Waals surface area contributed by atoms with Crippen LogP contribution in [0.4, 0.5) is 0 Å². The van der Waals surface area contributed by atoms with Crippen LogP contribution in [0.1, 0.15) is 12.0 Å². The van der Waals surface area contributed by atoms with Gasteiger partial charge in [-0.3, -0.25) is 4.79 Å². The monoisotopic (exact) mass is 297 g/mol. The van der Waals surface area contributed by atoms with Crippen LogP contribution in [0.2, 0.25) is 0 Å². The summed E-state index contributed by atoms with van der Waals surface area (Å²) in [6.07, 6.45) is 0.876. The Balaban J connectivity index is 1.84. The van der Waals surface area contributed by atoms with E-state index in [2.05, 4.69) is 5.32 Å². The van der Waals surface area contributed by atoms with Crippen molar-refractivity contribution in [2.24, 2.45) is 5.92 Å². The van der Waals surface area contributed by atoms with Gasteiger partial charge in [0.05, 0.1) is 25.0 Å². The van der Waals surface area contributed by atoms with Crippen molar-refractivity contribution in [2.75, 3.05) is 25.2 Å². The van der Waals surface area contributed by atoms with Gasteiger partial charge in [-0.25, -0.2) is 8.42 Å². The van der Waals surface area contributed by atoms with E-state index in [1.54, 1.807) is 7.11 Å². The Kier molecular flexibility index (Phi) is 4.65. The molecule has 1 aromatic rings. The Morgan fingerprint density at radius 2 is 2.15 bits per heavy atom. The molecule has 1 aromatic carbocycles. The van der Waals surface area contributed by atoms with Gasteiger partial charge in [0.15, 0.2) is 9.84 Å². The van der Waals surface area contributed by atoms with Gasteiger partial charge in [-0.15, -0.1) is 0 Å². The van der Waals surface area contributed by atoms with Gasteiger partial charge in [0.1, 0.15) is 5.75 Å². The Labute approximate surface area is 119 Å². The molecule has 0 radical (unpaired) electrons. The number of nitrogens with one attached hydrogen (secondary N) is 1. The lowest BCUT2D eigenvalue weighted by molar-refractivity contribution is -0.120. The number of hydrogen-bond acceptors (Lipinski definition) is 4. The van der Waals surface area contributed by atoms with Gasteiger partial charge >= 0.3 is 0 Å². The van der Waals surface area contributed by atoms with Gasteiger partial charge in [-0.1, -0.05) is 18.2 Å². The highest BCUT2D eigenvalue weighted by Crippen LogP contribution is 2.19. The second kappa shape index (κ2) is 6.26. The van der Waals surface area contributed by atoms with E-state index in [4.69, 9.17) is 4.74 Å². The molecule has 20 heavy (non-hydrogen) atoms. The van der Waals surface area contributed by atoms with E-state index in [-0.39, 0.29) is 29.8 Å². The Hall–Kier alpha value is -1.56. The molecule has 1 N–H and O–H groups in total. The van der Waals surface area contributed by atoms with E-state index >= 15 is 0 Å². The zero-order valence-corrected chi connectivity index (χ0v) is 12.3. The fourth-order valence-corrected chi connectivity index (χ4v) is 4.24. The predicted octanol–water partition coefficient (Wildman–Crippen LogP) is 0.789. The van der Waals surface area contributed by atoms with Crippen LogP contribution in [0.5, 0.6) is 5.75 Å². The number of methoxy groups -OCH3 is 1. The van der Waals surface area contributed by atoms with E-state index in [1.165, 1.54) is 0 Å². The van der Waals surface area contributed by atoms with Gasteiger partial charge in [0, 0.05) is 12.1 Å². The molecule has 1 saturated heterocycles. The van der Waals surface area contributed by atoms with E-state index in [0.717, 1.165) is 5.56 Å². The van der Waals surface area contributed by atoms with Crippen molar-refractivity contribution >= 4 is 15.7 Å². The molecule has 0 aromatic heterocycles. The largest absolute Gasteiger partial charge is 0.496 e. The van der Waals surface area contributed by atoms with Crippen LogP contribution in [0, 0.1) is 5.92 Å². The summed E-state index contributed by atoms with van der Waals surface area (Å²) >= 11 is 0. The molecule has 6 heteroatoms. The zero-order chi connectivity index (χ0) is 14.6. The molecule has 0 spiro atoms. The summed E-state index contributed by atoms with van der Waals surface area (Å²) in [5.41, 5.74) is 0.826. The molecule has 1 heterocycles. The molecular weight excluding hydrogens is 278 g/mol. The summed E-state index contributed by atoms with van der Waals surface area (Å²) in [5, 5.41) is 2.80. The molecule has 1 fully saturated rings. The maximum absolute atomic E-state index is 11.9. The van der Waals surface area contributed by atoms with Crippen molar-refractivity contribution < 1.29 is 17.9 Å². The number of rotatable bonds is 5. The van der Waals surface area contributed by atoms with Crippen LogP contribution in [-0.4, -0.2) is 39.5 Å². The third-order valence-corrected chi connectivity index (χ3v) is 5.30. The van der Waals surface area contributed by atoms with Crippen LogP contribution in [-0.2, 0) is 21.1 Å². The predicted molar refractivity (Wildman–Crippen MR) is 76.5 cm³/mol. The Morgan fingerprint density at radius 1 is 1.40 bits per heavy atom. The molecule has 0 bridgehead atoms. The minimum absolute atomic E-state index is 0.0432. The third kappa shape index (κ3) is 3.96. The second-order valence-electron chi connectivity index (χ2n) is 5.06. The number of carbonyl (C=O) groups is 1. The summed E-state index contributed by atoms with van der Waals surface area (Å²) in [5.74, 6) is 1.04. The number of ether oxygens (including phenoxy) is 1. The molecule has 0 aliphatic carbocycles. The standard InChI is InChI=1S/C14H19NO4S/c1-19-13-5-3-2-4-12(13)8-14(16)15-9-11-6-7-20(17,18)10-11/h2-5,11H,6-10H2,1H3,(H,15,16). The van der Waals surface area contributed by atoms with Crippen molar-refractivity contribution in [1.29, 1.82) is 0 Å². The van der Waals surface area contributed by atoms with Crippen molar-refractivity contribution in [3.05, 3.63) is 29.8 Å². The van der Waals surface area contributed by atoms with Crippen molar-refractivity contribution in [2.45, 2.75) is 12.8 Å². The molecule has 110 valence electrons. The van der Waals surface area contributed by atoms with Crippen LogP contribution < -0.4 is 10.1 Å². The topological polar surface area (TPSA) is 72.5 Å². The van der Waals surface area contributed by atoms with Gasteiger partial charge < -0.3 is 10.1 Å². The Bertz CT molecular complexity index is 583. The molecule has 1 amide bonds. The van der Waals surface area contributed by atoms with E-state index in [9.17, 15) is 13.2 Å². The lowest BCUT2D eigenvalue weighted by atomic mass is 10.1. The number of benzene rings is 1. The smallest absolute Gasteiger partial charge is 0.224 e. The first kappa shape index (κ1) is 14.8. The molecule has 5 nitrogen and oxygen atoms in total. The number of amides is 1. The van der Waals surface area contributed by atoms with Gasteiger partial charge in [0.25, 0.3) is 0 Å². The second-order valence-corrected chi connectivity index (χ2v) is 7.29. The highest BCUT2D eigenvalue weighted by Gasteiger charge is 2.27. The minimum atomic E-state index is -2.88. The van der Waals surface area contributed by atoms with Crippen molar-refractivity contribution in [1.82, 2.24) is 5.32 Å². The van der Waals surface area contributed by atoms with E-state index in [1.807, 2.05) is 24.3 Å². The van der Waals surface area contributed by atoms with Gasteiger partial charge in [-0.05, 0) is 18.4 Å². The van der Waals surface area contributed by atoms with Crippen LogP contribution in [0.25, 0.3) is 0 Å². The minimum Gasteiger partial charge on any atom is -0.496 e. The fourth-order valence-electron chi connectivity index (χ4n) is 2.38. The van der Waals surface area contributed by atoms with E-state index in [0.29, 0.717) is 18.7 Å². The number of hydrogen-bond donors (Lipinski definition) is 1. The SMILES string of the molecule is COc1ccccc1CC(=O)NCC1CCS(=O)(=O)C1. The summed E-state index contributed by atoms with van der Waals surface area (Å²) in [6.45, 7) is 0.424. The fraction of sp³-hybridized carbons (Fsp3) is 0.500. The van der Waals surface area contributed by atoms with Crippen molar-refractivity contribution in [3.63, 3.8) is 0 Å². The molecule has 2 rings (SSSR count). The summed E-state index contributed by atoms with van der Waals surface area (Å²) in [7, 11) is -1.31. The average molecular weight is 297 g/mol. The van der Waals surface area contributed by atoms with Crippen LogP contribution in [0.3, 0.4) is 0 Å². The first-order valence-corrected chi connectivity index (χ1v) is 8.41. The normalized spacial score (nSPS) is 20.6. The summed E-state index contributed by atoms with van der Waals surface area (Å²) in [6, 6.07) is 7.36. The highest BCUT2D eigenvalue weighted by atomic mass is 32.2. The van der Waals surface area contributed by atoms with Gasteiger partial charge in [-0.2, -0.15) is 0 Å². The quantitative estimate of drug-likeness (QED) is 0.872.